The van der Waals surface area contributed by atoms with E-state index in [1.54, 1.807) is 0 Å². The Kier molecular flexibility index (Phi) is 4.78. The number of hydrogen-bond donors (Lipinski definition) is 1. The van der Waals surface area contributed by atoms with Gasteiger partial charge >= 0.3 is 0 Å². The summed E-state index contributed by atoms with van der Waals surface area (Å²) in [7, 11) is 0. The second-order valence-electron chi connectivity index (χ2n) is 5.07. The molecule has 0 aliphatic rings. The molecule has 2 aromatic carbocycles. The molecule has 0 aliphatic heterocycles. The summed E-state index contributed by atoms with van der Waals surface area (Å²) in [6.45, 7) is 7.42. The lowest BCUT2D eigenvalue weighted by Crippen LogP contribution is -2.18. The molecule has 100 valence electrons. The molecule has 0 fully saturated rings. The fraction of sp³-hybridized carbons (Fsp3) is 0.294. The number of benzene rings is 2. The van der Waals surface area contributed by atoms with Crippen molar-refractivity contribution >= 4 is 15.9 Å². The van der Waals surface area contributed by atoms with E-state index in [4.69, 9.17) is 0 Å². The quantitative estimate of drug-likeness (QED) is 0.844. The molecule has 0 aliphatic carbocycles. The summed E-state index contributed by atoms with van der Waals surface area (Å²) in [6, 6.07) is 15.5. The molecule has 2 aromatic rings. The maximum atomic E-state index is 3.57. The zero-order chi connectivity index (χ0) is 13.8. The van der Waals surface area contributed by atoms with Crippen LogP contribution in [0.5, 0.6) is 0 Å². The molecular weight excluding hydrogens is 298 g/mol. The van der Waals surface area contributed by atoms with Gasteiger partial charge in [-0.05, 0) is 55.2 Å². The zero-order valence-electron chi connectivity index (χ0n) is 11.7. The molecule has 0 amide bonds. The molecule has 19 heavy (non-hydrogen) atoms. The van der Waals surface area contributed by atoms with Crippen LogP contribution < -0.4 is 5.32 Å². The van der Waals surface area contributed by atoms with Crippen LogP contribution in [-0.4, -0.2) is 0 Å². The molecule has 1 N–H and O–H groups in total. The first kappa shape index (κ1) is 14.3. The highest BCUT2D eigenvalue weighted by molar-refractivity contribution is 9.10. The van der Waals surface area contributed by atoms with Gasteiger partial charge in [0, 0.05) is 17.1 Å². The Morgan fingerprint density at radius 3 is 2.32 bits per heavy atom. The Bertz CT molecular complexity index is 546. The van der Waals surface area contributed by atoms with Gasteiger partial charge in [-0.15, -0.1) is 0 Å². The second kappa shape index (κ2) is 6.36. The van der Waals surface area contributed by atoms with Gasteiger partial charge in [0.25, 0.3) is 0 Å². The third kappa shape index (κ3) is 3.92. The number of halogens is 1. The van der Waals surface area contributed by atoms with Crippen LogP contribution in [0.3, 0.4) is 0 Å². The van der Waals surface area contributed by atoms with Crippen molar-refractivity contribution in [3.05, 3.63) is 69.2 Å². The molecule has 0 bridgehead atoms. The van der Waals surface area contributed by atoms with Crippen LogP contribution in [0.4, 0.5) is 0 Å². The number of nitrogens with one attached hydrogen (secondary N) is 1. The Balaban J connectivity index is 1.98. The van der Waals surface area contributed by atoms with Crippen molar-refractivity contribution in [1.29, 1.82) is 0 Å². The minimum atomic E-state index is 0.364. The van der Waals surface area contributed by atoms with Gasteiger partial charge in [-0.1, -0.05) is 46.3 Å². The normalized spacial score (nSPS) is 12.4. The standard InChI is InChI=1S/C17H20BrN/c1-12-4-7-16(10-13(12)2)14(3)19-11-15-5-8-17(18)9-6-15/h4-10,14,19H,11H2,1-3H3. The highest BCUT2D eigenvalue weighted by atomic mass is 79.9. The summed E-state index contributed by atoms with van der Waals surface area (Å²) in [5.74, 6) is 0. The summed E-state index contributed by atoms with van der Waals surface area (Å²) in [6.07, 6.45) is 0. The van der Waals surface area contributed by atoms with Crippen LogP contribution in [0.25, 0.3) is 0 Å². The van der Waals surface area contributed by atoms with Gasteiger partial charge in [-0.25, -0.2) is 0 Å². The highest BCUT2D eigenvalue weighted by Crippen LogP contribution is 2.17. The van der Waals surface area contributed by atoms with Crippen LogP contribution in [0.15, 0.2) is 46.9 Å². The molecule has 0 spiro atoms. The van der Waals surface area contributed by atoms with E-state index in [-0.39, 0.29) is 0 Å². The number of aryl methyl sites for hydroxylation is 2. The van der Waals surface area contributed by atoms with Crippen LogP contribution >= 0.6 is 15.9 Å². The van der Waals surface area contributed by atoms with Gasteiger partial charge < -0.3 is 5.32 Å². The molecule has 0 saturated carbocycles. The van der Waals surface area contributed by atoms with Gasteiger partial charge in [0.15, 0.2) is 0 Å². The highest BCUT2D eigenvalue weighted by Gasteiger charge is 2.05. The lowest BCUT2D eigenvalue weighted by atomic mass is 10.0. The van der Waals surface area contributed by atoms with E-state index in [9.17, 15) is 0 Å². The average Bonchev–Trinajstić information content (AvgIpc) is 2.41. The minimum absolute atomic E-state index is 0.364. The topological polar surface area (TPSA) is 12.0 Å². The molecule has 1 nitrogen and oxygen atoms in total. The van der Waals surface area contributed by atoms with E-state index < -0.39 is 0 Å². The first-order valence-corrected chi connectivity index (χ1v) is 7.40. The third-order valence-corrected chi connectivity index (χ3v) is 4.09. The maximum Gasteiger partial charge on any atom is 0.0295 e. The lowest BCUT2D eigenvalue weighted by molar-refractivity contribution is 0.574. The zero-order valence-corrected chi connectivity index (χ0v) is 13.3. The summed E-state index contributed by atoms with van der Waals surface area (Å²) in [4.78, 5) is 0. The summed E-state index contributed by atoms with van der Waals surface area (Å²) >= 11 is 3.46. The van der Waals surface area contributed by atoms with E-state index >= 15 is 0 Å². The van der Waals surface area contributed by atoms with Gasteiger partial charge in [0.2, 0.25) is 0 Å². The Morgan fingerprint density at radius 1 is 1.00 bits per heavy atom. The molecule has 0 radical (unpaired) electrons. The SMILES string of the molecule is Cc1ccc(C(C)NCc2ccc(Br)cc2)cc1C. The van der Waals surface area contributed by atoms with Crippen molar-refractivity contribution < 1.29 is 0 Å². The van der Waals surface area contributed by atoms with Gasteiger partial charge in [-0.3, -0.25) is 0 Å². The van der Waals surface area contributed by atoms with E-state index in [2.05, 4.69) is 84.5 Å². The van der Waals surface area contributed by atoms with Crippen molar-refractivity contribution in [2.24, 2.45) is 0 Å². The average molecular weight is 318 g/mol. The predicted octanol–water partition coefficient (Wildman–Crippen LogP) is 4.92. The number of hydrogen-bond acceptors (Lipinski definition) is 1. The molecule has 0 saturated heterocycles. The van der Waals surface area contributed by atoms with E-state index in [1.807, 2.05) is 0 Å². The van der Waals surface area contributed by atoms with Crippen LogP contribution in [0.2, 0.25) is 0 Å². The molecule has 2 heteroatoms. The summed E-state index contributed by atoms with van der Waals surface area (Å²) in [5.41, 5.74) is 5.36. The Morgan fingerprint density at radius 2 is 1.68 bits per heavy atom. The minimum Gasteiger partial charge on any atom is -0.306 e. The largest absolute Gasteiger partial charge is 0.306 e. The van der Waals surface area contributed by atoms with Crippen LogP contribution in [-0.2, 0) is 6.54 Å². The van der Waals surface area contributed by atoms with Gasteiger partial charge in [-0.2, -0.15) is 0 Å². The predicted molar refractivity (Wildman–Crippen MR) is 85.3 cm³/mol. The van der Waals surface area contributed by atoms with Crippen molar-refractivity contribution in [1.82, 2.24) is 5.32 Å². The van der Waals surface area contributed by atoms with Crippen LogP contribution in [0, 0.1) is 13.8 Å². The van der Waals surface area contributed by atoms with Gasteiger partial charge in [0.1, 0.15) is 0 Å². The Labute approximate surface area is 124 Å². The summed E-state index contributed by atoms with van der Waals surface area (Å²) < 4.78 is 1.12. The smallest absolute Gasteiger partial charge is 0.0295 e. The monoisotopic (exact) mass is 317 g/mol. The van der Waals surface area contributed by atoms with Gasteiger partial charge in [0.05, 0.1) is 0 Å². The first-order chi connectivity index (χ1) is 9.06. The van der Waals surface area contributed by atoms with Crippen molar-refractivity contribution in [2.45, 2.75) is 33.4 Å². The molecular formula is C17H20BrN. The fourth-order valence-corrected chi connectivity index (χ4v) is 2.29. The molecule has 0 heterocycles. The molecule has 1 unspecified atom stereocenters. The van der Waals surface area contributed by atoms with E-state index in [0.29, 0.717) is 6.04 Å². The molecule has 0 aromatic heterocycles. The first-order valence-electron chi connectivity index (χ1n) is 6.61. The molecule has 2 rings (SSSR count). The maximum absolute atomic E-state index is 3.57. The van der Waals surface area contributed by atoms with Crippen molar-refractivity contribution in [3.8, 4) is 0 Å². The lowest BCUT2D eigenvalue weighted by Gasteiger charge is -2.15. The van der Waals surface area contributed by atoms with Crippen LogP contribution in [0.1, 0.15) is 35.2 Å². The molecule has 1 atom stereocenters. The van der Waals surface area contributed by atoms with E-state index in [1.165, 1.54) is 22.3 Å². The number of rotatable bonds is 4. The fourth-order valence-electron chi connectivity index (χ4n) is 2.03. The summed E-state index contributed by atoms with van der Waals surface area (Å²) in [5, 5.41) is 3.57. The van der Waals surface area contributed by atoms with Crippen molar-refractivity contribution in [2.75, 3.05) is 0 Å². The van der Waals surface area contributed by atoms with E-state index in [0.717, 1.165) is 11.0 Å². The second-order valence-corrected chi connectivity index (χ2v) is 5.99. The Hall–Kier alpha value is -1.12. The third-order valence-electron chi connectivity index (χ3n) is 3.56. The van der Waals surface area contributed by atoms with Crippen molar-refractivity contribution in [3.63, 3.8) is 0 Å².